The summed E-state index contributed by atoms with van der Waals surface area (Å²) in [7, 11) is -0.628. The molecule has 72 valence electrons. The van der Waals surface area contributed by atoms with Gasteiger partial charge in [-0.25, -0.2) is 0 Å². The van der Waals surface area contributed by atoms with Crippen LogP contribution in [0.15, 0.2) is 4.66 Å². The molecule has 0 aromatic rings. The van der Waals surface area contributed by atoms with Gasteiger partial charge in [0.05, 0.1) is 0 Å². The Morgan fingerprint density at radius 2 is 1.67 bits per heavy atom. The largest absolute Gasteiger partial charge is 0.544 e. The van der Waals surface area contributed by atoms with Crippen LogP contribution in [0.2, 0.25) is 19.6 Å². The molecule has 0 heterocycles. The maximum atomic E-state index is 5.41. The zero-order valence-corrected chi connectivity index (χ0v) is 12.4. The molecule has 0 rings (SSSR count). The van der Waals surface area contributed by atoms with Gasteiger partial charge >= 0.3 is 0 Å². The van der Waals surface area contributed by atoms with Crippen molar-refractivity contribution in [2.24, 2.45) is 10.1 Å². The first-order valence-corrected chi connectivity index (χ1v) is 8.57. The highest BCUT2D eigenvalue weighted by Gasteiger charge is 2.22. The van der Waals surface area contributed by atoms with Crippen molar-refractivity contribution >= 4 is 24.6 Å². The molecule has 0 unspecified atom stereocenters. The molecule has 0 atom stereocenters. The van der Waals surface area contributed by atoms with E-state index in [-0.39, 0.29) is 5.41 Å². The average molecular weight is 203 g/mol. The molecular weight excluding hydrogens is 182 g/mol. The first-order valence-electron chi connectivity index (χ1n) is 4.31. The minimum absolute atomic E-state index is 0.0715. The molecule has 0 N–H and O–H groups in total. The van der Waals surface area contributed by atoms with E-state index in [0.29, 0.717) is 0 Å². The van der Waals surface area contributed by atoms with E-state index in [4.69, 9.17) is 4.43 Å². The standard InChI is InChI=1S/C8H21NOSi2/c1-8(2,3)7(10-11)9-12(4,5)6/h1-6,11H3. The summed E-state index contributed by atoms with van der Waals surface area (Å²) in [5, 5.41) is 0. The van der Waals surface area contributed by atoms with Crippen molar-refractivity contribution in [3.8, 4) is 0 Å². The van der Waals surface area contributed by atoms with E-state index in [1.165, 1.54) is 0 Å². The van der Waals surface area contributed by atoms with Gasteiger partial charge in [-0.15, -0.1) is 0 Å². The molecule has 0 aromatic carbocycles. The molecule has 0 spiro atoms. The lowest BCUT2D eigenvalue weighted by Gasteiger charge is -2.24. The summed E-state index contributed by atoms with van der Waals surface area (Å²) in [4.78, 5) is 0. The minimum atomic E-state index is -1.37. The van der Waals surface area contributed by atoms with E-state index >= 15 is 0 Å². The van der Waals surface area contributed by atoms with Gasteiger partial charge in [0.2, 0.25) is 10.5 Å². The first-order chi connectivity index (χ1) is 5.17. The molecule has 0 aliphatic heterocycles. The Balaban J connectivity index is 4.68. The van der Waals surface area contributed by atoms with E-state index in [9.17, 15) is 0 Å². The molecule has 2 nitrogen and oxygen atoms in total. The lowest BCUT2D eigenvalue weighted by Crippen LogP contribution is -2.29. The Bertz CT molecular complexity index is 176. The van der Waals surface area contributed by atoms with Crippen LogP contribution >= 0.6 is 0 Å². The molecule has 0 radical (unpaired) electrons. The van der Waals surface area contributed by atoms with Crippen molar-refractivity contribution in [2.45, 2.75) is 40.4 Å². The third-order valence-corrected chi connectivity index (χ3v) is 2.53. The van der Waals surface area contributed by atoms with Crippen molar-refractivity contribution in [3.63, 3.8) is 0 Å². The SMILES string of the molecule is CC(C)(C)C(=N[Si](C)(C)C)O[SiH3]. The lowest BCUT2D eigenvalue weighted by atomic mass is 9.97. The van der Waals surface area contributed by atoms with Gasteiger partial charge in [0.15, 0.2) is 14.1 Å². The highest BCUT2D eigenvalue weighted by Crippen LogP contribution is 2.18. The van der Waals surface area contributed by atoms with Crippen LogP contribution in [0.1, 0.15) is 20.8 Å². The van der Waals surface area contributed by atoms with Crippen LogP contribution in [0.4, 0.5) is 0 Å². The normalized spacial score (nSPS) is 15.0. The Labute approximate surface area is 80.1 Å². The fourth-order valence-electron chi connectivity index (χ4n) is 0.824. The molecule has 0 aliphatic carbocycles. The summed E-state index contributed by atoms with van der Waals surface area (Å²) in [6, 6.07) is 0. The van der Waals surface area contributed by atoms with Gasteiger partial charge in [0, 0.05) is 5.41 Å². The zero-order chi connectivity index (χ0) is 9.99. The van der Waals surface area contributed by atoms with Crippen LogP contribution in [0.3, 0.4) is 0 Å². The van der Waals surface area contributed by atoms with Crippen LogP contribution in [0.5, 0.6) is 0 Å². The highest BCUT2D eigenvalue weighted by molar-refractivity contribution is 6.75. The lowest BCUT2D eigenvalue weighted by molar-refractivity contribution is 0.459. The Hall–Kier alpha value is -0.0962. The fourth-order valence-corrected chi connectivity index (χ4v) is 2.75. The van der Waals surface area contributed by atoms with Gasteiger partial charge in [0.1, 0.15) is 0 Å². The Morgan fingerprint density at radius 1 is 1.25 bits per heavy atom. The predicted molar refractivity (Wildman–Crippen MR) is 61.3 cm³/mol. The zero-order valence-electron chi connectivity index (χ0n) is 9.36. The molecule has 0 fully saturated rings. The van der Waals surface area contributed by atoms with E-state index < -0.39 is 8.24 Å². The highest BCUT2D eigenvalue weighted by atomic mass is 28.3. The summed E-state index contributed by atoms with van der Waals surface area (Å²) in [6.45, 7) is 13.1. The van der Waals surface area contributed by atoms with Crippen molar-refractivity contribution in [2.75, 3.05) is 0 Å². The Morgan fingerprint density at radius 3 is 1.75 bits per heavy atom. The third-order valence-electron chi connectivity index (χ3n) is 1.27. The molecule has 12 heavy (non-hydrogen) atoms. The van der Waals surface area contributed by atoms with E-state index in [1.54, 1.807) is 0 Å². The summed E-state index contributed by atoms with van der Waals surface area (Å²) >= 11 is 0. The van der Waals surface area contributed by atoms with Crippen LogP contribution in [-0.2, 0) is 4.43 Å². The second-order valence-corrected chi connectivity index (χ2v) is 10.0. The average Bonchev–Trinajstić information content (AvgIpc) is 1.78. The molecule has 0 bridgehead atoms. The van der Waals surface area contributed by atoms with Crippen molar-refractivity contribution in [3.05, 3.63) is 0 Å². The monoisotopic (exact) mass is 203 g/mol. The van der Waals surface area contributed by atoms with Crippen molar-refractivity contribution in [1.82, 2.24) is 0 Å². The van der Waals surface area contributed by atoms with Gasteiger partial charge in [-0.05, 0) is 19.6 Å². The summed E-state index contributed by atoms with van der Waals surface area (Å²) in [5.74, 6) is 0.938. The maximum absolute atomic E-state index is 5.41. The fraction of sp³-hybridized carbons (Fsp3) is 0.875. The maximum Gasteiger partial charge on any atom is 0.205 e. The van der Waals surface area contributed by atoms with Crippen LogP contribution in [0, 0.1) is 5.41 Å². The van der Waals surface area contributed by atoms with E-state index in [2.05, 4.69) is 45.1 Å². The van der Waals surface area contributed by atoms with Gasteiger partial charge in [-0.3, -0.25) is 4.66 Å². The molecule has 0 aliphatic rings. The van der Waals surface area contributed by atoms with Crippen LogP contribution in [0.25, 0.3) is 0 Å². The van der Waals surface area contributed by atoms with Crippen molar-refractivity contribution in [1.29, 1.82) is 0 Å². The van der Waals surface area contributed by atoms with Gasteiger partial charge in [0.25, 0.3) is 0 Å². The Kier molecular flexibility index (Phi) is 3.71. The minimum Gasteiger partial charge on any atom is -0.544 e. The molecule has 0 aromatic heterocycles. The van der Waals surface area contributed by atoms with Crippen molar-refractivity contribution < 1.29 is 4.43 Å². The number of hydrogen-bond acceptors (Lipinski definition) is 2. The second-order valence-electron chi connectivity index (χ2n) is 5.04. The van der Waals surface area contributed by atoms with E-state index in [1.807, 2.05) is 0 Å². The topological polar surface area (TPSA) is 21.6 Å². The molecule has 0 amide bonds. The summed E-state index contributed by atoms with van der Waals surface area (Å²) in [6.07, 6.45) is 0. The van der Waals surface area contributed by atoms with Gasteiger partial charge < -0.3 is 4.43 Å². The number of hydrogen-bond donors (Lipinski definition) is 0. The second kappa shape index (κ2) is 3.74. The molecule has 0 saturated heterocycles. The third kappa shape index (κ3) is 4.72. The molecule has 4 heteroatoms. The van der Waals surface area contributed by atoms with Crippen LogP contribution < -0.4 is 0 Å². The summed E-state index contributed by atoms with van der Waals surface area (Å²) < 4.78 is 10.1. The molecular formula is C8H21NOSi2. The van der Waals surface area contributed by atoms with Gasteiger partial charge in [-0.1, -0.05) is 20.8 Å². The predicted octanol–water partition coefficient (Wildman–Crippen LogP) is 1.56. The quantitative estimate of drug-likeness (QED) is 0.360. The molecule has 0 saturated carbocycles. The van der Waals surface area contributed by atoms with Gasteiger partial charge in [-0.2, -0.15) is 0 Å². The summed E-state index contributed by atoms with van der Waals surface area (Å²) in [5.41, 5.74) is 0.0715. The van der Waals surface area contributed by atoms with E-state index in [0.717, 1.165) is 16.4 Å². The van der Waals surface area contributed by atoms with Crippen LogP contribution in [-0.4, -0.2) is 24.6 Å². The number of rotatable bonds is 1. The first kappa shape index (κ1) is 11.9. The smallest absolute Gasteiger partial charge is 0.205 e. The number of nitrogens with zero attached hydrogens (tertiary/aromatic N) is 1.